The van der Waals surface area contributed by atoms with Gasteiger partial charge < -0.3 is 20.1 Å². The molecule has 4 rings (SSSR count). The smallest absolute Gasteiger partial charge is 0.300 e. The van der Waals surface area contributed by atoms with E-state index in [0.717, 1.165) is 23.4 Å². The van der Waals surface area contributed by atoms with E-state index in [4.69, 9.17) is 14.6 Å². The zero-order valence-corrected chi connectivity index (χ0v) is 17.9. The van der Waals surface area contributed by atoms with E-state index in [9.17, 15) is 9.59 Å². The predicted octanol–water partition coefficient (Wildman–Crippen LogP) is 1.93. The molecular weight excluding hydrogens is 422 g/mol. The van der Waals surface area contributed by atoms with Crippen LogP contribution in [-0.4, -0.2) is 51.7 Å². The highest BCUT2D eigenvalue weighted by Crippen LogP contribution is 2.28. The van der Waals surface area contributed by atoms with Crippen LogP contribution in [0.15, 0.2) is 30.5 Å². The molecule has 1 aliphatic rings. The minimum Gasteiger partial charge on any atom is -0.481 e. The molecule has 1 unspecified atom stereocenters. The van der Waals surface area contributed by atoms with Gasteiger partial charge >= 0.3 is 0 Å². The van der Waals surface area contributed by atoms with Gasteiger partial charge in [-0.25, -0.2) is 0 Å². The molecule has 3 heterocycles. The Kier molecular flexibility index (Phi) is 7.32. The third-order valence-corrected chi connectivity index (χ3v) is 5.51. The second-order valence-corrected chi connectivity index (χ2v) is 7.95. The monoisotopic (exact) mass is 445 g/mol. The van der Waals surface area contributed by atoms with E-state index in [1.165, 1.54) is 16.2 Å². The molecule has 1 aliphatic heterocycles. The largest absolute Gasteiger partial charge is 0.481 e. The minimum absolute atomic E-state index is 0.108. The number of carbonyl (C=O) groups is 3. The number of carboxylic acids is 1. The Bertz CT molecular complexity index is 1070. The Balaban J connectivity index is 0.000000628. The lowest BCUT2D eigenvalue weighted by Gasteiger charge is -2.13. The van der Waals surface area contributed by atoms with Crippen molar-refractivity contribution in [2.45, 2.75) is 26.5 Å². The molecule has 0 spiro atoms. The van der Waals surface area contributed by atoms with Crippen molar-refractivity contribution in [3.05, 3.63) is 41.0 Å². The topological polar surface area (TPSA) is 138 Å². The Hall–Kier alpha value is -3.31. The molecule has 1 saturated heterocycles. The van der Waals surface area contributed by atoms with Crippen molar-refractivity contribution in [2.75, 3.05) is 18.6 Å². The summed E-state index contributed by atoms with van der Waals surface area (Å²) >= 11 is 1.31. The molecule has 0 saturated carbocycles. The Labute approximate surface area is 182 Å². The van der Waals surface area contributed by atoms with Gasteiger partial charge in [0.2, 0.25) is 16.9 Å². The van der Waals surface area contributed by atoms with Gasteiger partial charge in [0.05, 0.1) is 5.92 Å². The number of H-pyrrole nitrogens is 1. The number of aliphatic carboxylic acids is 1. The molecule has 31 heavy (non-hydrogen) atoms. The van der Waals surface area contributed by atoms with Gasteiger partial charge in [0, 0.05) is 50.6 Å². The first-order valence-corrected chi connectivity index (χ1v) is 10.3. The highest BCUT2D eigenvalue weighted by atomic mass is 32.1. The van der Waals surface area contributed by atoms with Gasteiger partial charge in [0.1, 0.15) is 11.6 Å². The summed E-state index contributed by atoms with van der Waals surface area (Å²) in [5.41, 5.74) is 2.07. The second kappa shape index (κ2) is 10.1. The zero-order valence-electron chi connectivity index (χ0n) is 17.1. The number of aromatic amines is 1. The van der Waals surface area contributed by atoms with E-state index in [2.05, 4.69) is 20.5 Å². The molecule has 0 bridgehead atoms. The molecule has 2 amide bonds. The first-order chi connectivity index (χ1) is 14.9. The fourth-order valence-electron chi connectivity index (χ4n) is 3.24. The van der Waals surface area contributed by atoms with Crippen molar-refractivity contribution in [3.63, 3.8) is 0 Å². The minimum atomic E-state index is -0.833. The number of fused-ring (bicyclic) bond motifs is 1. The lowest BCUT2D eigenvalue weighted by Crippen LogP contribution is -2.32. The third kappa shape index (κ3) is 5.64. The summed E-state index contributed by atoms with van der Waals surface area (Å²) < 4.78 is 5.03. The summed E-state index contributed by atoms with van der Waals surface area (Å²) in [6.07, 6.45) is 2.06. The van der Waals surface area contributed by atoms with Crippen LogP contribution in [0.4, 0.5) is 5.13 Å². The van der Waals surface area contributed by atoms with Gasteiger partial charge in [-0.15, -0.1) is 10.2 Å². The van der Waals surface area contributed by atoms with Crippen molar-refractivity contribution in [2.24, 2.45) is 5.92 Å². The van der Waals surface area contributed by atoms with Crippen LogP contribution in [0.25, 0.3) is 10.9 Å². The molecule has 1 fully saturated rings. The van der Waals surface area contributed by atoms with Crippen LogP contribution in [0.2, 0.25) is 0 Å². The quantitative estimate of drug-likeness (QED) is 0.527. The lowest BCUT2D eigenvalue weighted by molar-refractivity contribution is -0.134. The molecule has 10 nitrogen and oxygen atoms in total. The number of benzene rings is 1. The van der Waals surface area contributed by atoms with Gasteiger partial charge in [-0.1, -0.05) is 23.5 Å². The molecule has 164 valence electrons. The fraction of sp³-hybridized carbons (Fsp3) is 0.350. The Morgan fingerprint density at radius 3 is 2.87 bits per heavy atom. The standard InChI is InChI=1S/C18H19N5O3S.C2H4O2/c1-26-10-15-21-22-18(27-15)23-9-12(7-16(23)24)17(25)20-8-11-3-2-4-14-13(11)5-6-19-14;1-2(3)4/h2-6,12,19H,7-10H2,1H3,(H,20,25);1H3,(H,3,4). The highest BCUT2D eigenvalue weighted by Gasteiger charge is 2.36. The number of ether oxygens (including phenoxy) is 1. The molecule has 3 N–H and O–H groups in total. The molecule has 11 heteroatoms. The summed E-state index contributed by atoms with van der Waals surface area (Å²) in [6, 6.07) is 7.92. The number of nitrogens with zero attached hydrogens (tertiary/aromatic N) is 3. The summed E-state index contributed by atoms with van der Waals surface area (Å²) in [6.45, 7) is 2.18. The van der Waals surface area contributed by atoms with Gasteiger partial charge in [0.15, 0.2) is 0 Å². The summed E-state index contributed by atoms with van der Waals surface area (Å²) in [5.74, 6) is -1.46. The molecule has 0 radical (unpaired) electrons. The number of amides is 2. The summed E-state index contributed by atoms with van der Waals surface area (Å²) in [5, 5.41) is 20.7. The van der Waals surface area contributed by atoms with E-state index < -0.39 is 11.9 Å². The third-order valence-electron chi connectivity index (χ3n) is 4.59. The van der Waals surface area contributed by atoms with Crippen LogP contribution < -0.4 is 10.2 Å². The van der Waals surface area contributed by atoms with Crippen molar-refractivity contribution < 1.29 is 24.2 Å². The number of nitrogens with one attached hydrogen (secondary N) is 2. The van der Waals surface area contributed by atoms with E-state index >= 15 is 0 Å². The molecule has 0 aliphatic carbocycles. The average molecular weight is 446 g/mol. The van der Waals surface area contributed by atoms with E-state index in [-0.39, 0.29) is 18.2 Å². The van der Waals surface area contributed by atoms with Crippen LogP contribution in [0, 0.1) is 5.92 Å². The highest BCUT2D eigenvalue weighted by molar-refractivity contribution is 7.15. The first-order valence-electron chi connectivity index (χ1n) is 9.53. The zero-order chi connectivity index (χ0) is 22.4. The number of hydrogen-bond donors (Lipinski definition) is 3. The van der Waals surface area contributed by atoms with E-state index in [1.807, 2.05) is 30.5 Å². The number of anilines is 1. The molecule has 1 atom stereocenters. The van der Waals surface area contributed by atoms with Crippen LogP contribution in [-0.2, 0) is 32.3 Å². The van der Waals surface area contributed by atoms with Gasteiger partial charge in [-0.3, -0.25) is 19.3 Å². The van der Waals surface area contributed by atoms with Crippen LogP contribution in [0.5, 0.6) is 0 Å². The predicted molar refractivity (Wildman–Crippen MR) is 115 cm³/mol. The Morgan fingerprint density at radius 2 is 2.13 bits per heavy atom. The maximum atomic E-state index is 12.6. The number of aromatic nitrogens is 3. The van der Waals surface area contributed by atoms with Gasteiger partial charge in [-0.2, -0.15) is 0 Å². The van der Waals surface area contributed by atoms with Crippen molar-refractivity contribution in [1.82, 2.24) is 20.5 Å². The SMILES string of the molecule is CC(=O)O.COCc1nnc(N2CC(C(=O)NCc3cccc4[nH]ccc34)CC2=O)s1. The normalized spacial score (nSPS) is 15.6. The lowest BCUT2D eigenvalue weighted by atomic mass is 10.1. The van der Waals surface area contributed by atoms with Crippen LogP contribution in [0.3, 0.4) is 0 Å². The molecule has 2 aromatic heterocycles. The van der Waals surface area contributed by atoms with E-state index in [0.29, 0.717) is 29.8 Å². The van der Waals surface area contributed by atoms with Gasteiger partial charge in [-0.05, 0) is 17.7 Å². The molecular formula is C20H23N5O5S. The van der Waals surface area contributed by atoms with Crippen molar-refractivity contribution in [1.29, 1.82) is 0 Å². The average Bonchev–Trinajstić information content (AvgIpc) is 3.45. The second-order valence-electron chi connectivity index (χ2n) is 6.91. The first kappa shape index (κ1) is 22.4. The fourth-order valence-corrected chi connectivity index (χ4v) is 4.07. The molecule has 1 aromatic carbocycles. The maximum absolute atomic E-state index is 12.6. The van der Waals surface area contributed by atoms with Gasteiger partial charge in [0.25, 0.3) is 5.97 Å². The summed E-state index contributed by atoms with van der Waals surface area (Å²) in [4.78, 5) is 38.6. The van der Waals surface area contributed by atoms with Crippen LogP contribution in [0.1, 0.15) is 23.9 Å². The van der Waals surface area contributed by atoms with Crippen molar-refractivity contribution in [3.8, 4) is 0 Å². The molecule has 3 aromatic rings. The maximum Gasteiger partial charge on any atom is 0.300 e. The number of carbonyl (C=O) groups excluding carboxylic acids is 2. The van der Waals surface area contributed by atoms with Crippen molar-refractivity contribution >= 4 is 45.2 Å². The number of methoxy groups -OCH3 is 1. The Morgan fingerprint density at radius 1 is 1.35 bits per heavy atom. The number of hydrogen-bond acceptors (Lipinski definition) is 7. The number of rotatable bonds is 6. The van der Waals surface area contributed by atoms with Crippen LogP contribution >= 0.6 is 11.3 Å². The van der Waals surface area contributed by atoms with E-state index in [1.54, 1.807) is 7.11 Å². The summed E-state index contributed by atoms with van der Waals surface area (Å²) in [7, 11) is 1.58. The number of carboxylic acid groups (broad SMARTS) is 1.